The molecule has 1 aliphatic heterocycles. The second-order valence-electron chi connectivity index (χ2n) is 5.24. The molecule has 3 aromatic rings. The fourth-order valence-corrected chi connectivity index (χ4v) is 2.97. The van der Waals surface area contributed by atoms with Crippen molar-refractivity contribution in [2.45, 2.75) is 13.3 Å². The first kappa shape index (κ1) is 13.3. The van der Waals surface area contributed by atoms with E-state index >= 15 is 0 Å². The molecule has 110 valence electrons. The molecule has 0 unspecified atom stereocenters. The molecule has 5 nitrogen and oxygen atoms in total. The molecule has 0 amide bonds. The van der Waals surface area contributed by atoms with Crippen molar-refractivity contribution in [1.29, 1.82) is 0 Å². The maximum absolute atomic E-state index is 6.25. The van der Waals surface area contributed by atoms with Gasteiger partial charge in [0.15, 0.2) is 0 Å². The van der Waals surface area contributed by atoms with E-state index in [0.29, 0.717) is 0 Å². The summed E-state index contributed by atoms with van der Waals surface area (Å²) in [6, 6.07) is 5.85. The Morgan fingerprint density at radius 3 is 3.00 bits per heavy atom. The van der Waals surface area contributed by atoms with Crippen LogP contribution in [0.15, 0.2) is 36.8 Å². The SMILES string of the molecule is Cc1c(Cl)cccc1-n1nc(-c2cnccn2)c2c1NCC2. The molecule has 4 rings (SSSR count). The van der Waals surface area contributed by atoms with E-state index in [1.807, 2.05) is 29.8 Å². The number of hydrogen-bond donors (Lipinski definition) is 1. The fraction of sp³-hybridized carbons (Fsp3) is 0.188. The third kappa shape index (κ3) is 1.97. The van der Waals surface area contributed by atoms with Crippen LogP contribution in [0.2, 0.25) is 5.02 Å². The minimum atomic E-state index is 0.737. The molecule has 0 bridgehead atoms. The number of anilines is 1. The molecule has 1 N–H and O–H groups in total. The minimum Gasteiger partial charge on any atom is -0.369 e. The van der Waals surface area contributed by atoms with Gasteiger partial charge in [0, 0.05) is 29.5 Å². The molecular formula is C16H14ClN5. The second kappa shape index (κ2) is 5.10. The number of fused-ring (bicyclic) bond motifs is 1. The van der Waals surface area contributed by atoms with Gasteiger partial charge < -0.3 is 5.32 Å². The summed E-state index contributed by atoms with van der Waals surface area (Å²) in [4.78, 5) is 8.53. The van der Waals surface area contributed by atoms with Crippen molar-refractivity contribution in [1.82, 2.24) is 19.7 Å². The van der Waals surface area contributed by atoms with Crippen molar-refractivity contribution in [3.8, 4) is 17.1 Å². The average molecular weight is 312 g/mol. The summed E-state index contributed by atoms with van der Waals surface area (Å²) < 4.78 is 1.92. The Bertz CT molecular complexity index is 841. The van der Waals surface area contributed by atoms with E-state index in [4.69, 9.17) is 16.7 Å². The first-order valence-electron chi connectivity index (χ1n) is 7.13. The van der Waals surface area contributed by atoms with Crippen LogP contribution in [0.25, 0.3) is 17.1 Å². The first-order valence-corrected chi connectivity index (χ1v) is 7.51. The summed E-state index contributed by atoms with van der Waals surface area (Å²) >= 11 is 6.25. The summed E-state index contributed by atoms with van der Waals surface area (Å²) in [5, 5.41) is 8.92. The van der Waals surface area contributed by atoms with Gasteiger partial charge in [-0.15, -0.1) is 0 Å². The lowest BCUT2D eigenvalue weighted by atomic mass is 10.1. The molecule has 2 aromatic heterocycles. The molecule has 1 aromatic carbocycles. The Morgan fingerprint density at radius 2 is 2.18 bits per heavy atom. The molecule has 0 spiro atoms. The number of hydrogen-bond acceptors (Lipinski definition) is 4. The van der Waals surface area contributed by atoms with Gasteiger partial charge in [-0.25, -0.2) is 4.68 Å². The highest BCUT2D eigenvalue weighted by Gasteiger charge is 2.25. The topological polar surface area (TPSA) is 55.6 Å². The lowest BCUT2D eigenvalue weighted by Gasteiger charge is -2.10. The van der Waals surface area contributed by atoms with Crippen molar-refractivity contribution in [3.63, 3.8) is 0 Å². The Kier molecular flexibility index (Phi) is 3.08. The number of halogens is 1. The van der Waals surface area contributed by atoms with Crippen LogP contribution in [0.5, 0.6) is 0 Å². The van der Waals surface area contributed by atoms with Gasteiger partial charge >= 0.3 is 0 Å². The number of nitrogens with zero attached hydrogens (tertiary/aromatic N) is 4. The van der Waals surface area contributed by atoms with Gasteiger partial charge in [-0.3, -0.25) is 9.97 Å². The Hall–Kier alpha value is -2.40. The van der Waals surface area contributed by atoms with Gasteiger partial charge in [0.1, 0.15) is 17.2 Å². The Labute approximate surface area is 133 Å². The molecule has 3 heterocycles. The maximum Gasteiger partial charge on any atom is 0.133 e. The number of rotatable bonds is 2. The van der Waals surface area contributed by atoms with Crippen LogP contribution in [0.1, 0.15) is 11.1 Å². The summed E-state index contributed by atoms with van der Waals surface area (Å²) in [7, 11) is 0. The molecule has 0 atom stereocenters. The summed E-state index contributed by atoms with van der Waals surface area (Å²) in [5.41, 5.74) is 4.84. The number of benzene rings is 1. The van der Waals surface area contributed by atoms with Crippen LogP contribution in [0, 0.1) is 6.92 Å². The van der Waals surface area contributed by atoms with Gasteiger partial charge in [-0.2, -0.15) is 5.10 Å². The van der Waals surface area contributed by atoms with E-state index in [-0.39, 0.29) is 0 Å². The predicted molar refractivity (Wildman–Crippen MR) is 86.5 cm³/mol. The molecule has 6 heteroatoms. The standard InChI is InChI=1S/C16H14ClN5/c1-10-12(17)3-2-4-14(10)22-16-11(5-6-20-16)15(21-22)13-9-18-7-8-19-13/h2-4,7-9,20H,5-6H2,1H3. The highest BCUT2D eigenvalue weighted by Crippen LogP contribution is 2.35. The van der Waals surface area contributed by atoms with Crippen LogP contribution in [-0.2, 0) is 6.42 Å². The van der Waals surface area contributed by atoms with Crippen LogP contribution in [-0.4, -0.2) is 26.3 Å². The van der Waals surface area contributed by atoms with Crippen LogP contribution in [0.4, 0.5) is 5.82 Å². The molecular weight excluding hydrogens is 298 g/mol. The Balaban J connectivity index is 1.94. The highest BCUT2D eigenvalue weighted by atomic mass is 35.5. The predicted octanol–water partition coefficient (Wildman–Crippen LogP) is 3.26. The van der Waals surface area contributed by atoms with Crippen molar-refractivity contribution < 1.29 is 0 Å². The largest absolute Gasteiger partial charge is 0.369 e. The van der Waals surface area contributed by atoms with Gasteiger partial charge in [-0.1, -0.05) is 17.7 Å². The fourth-order valence-electron chi connectivity index (χ4n) is 2.80. The van der Waals surface area contributed by atoms with E-state index < -0.39 is 0 Å². The molecule has 22 heavy (non-hydrogen) atoms. The zero-order chi connectivity index (χ0) is 15.1. The maximum atomic E-state index is 6.25. The number of aromatic nitrogens is 4. The second-order valence-corrected chi connectivity index (χ2v) is 5.65. The van der Waals surface area contributed by atoms with E-state index in [1.165, 1.54) is 5.56 Å². The van der Waals surface area contributed by atoms with E-state index in [0.717, 1.165) is 46.4 Å². The third-order valence-corrected chi connectivity index (χ3v) is 4.33. The summed E-state index contributed by atoms with van der Waals surface area (Å²) in [6.45, 7) is 2.91. The molecule has 0 fully saturated rings. The zero-order valence-electron chi connectivity index (χ0n) is 12.0. The first-order chi connectivity index (χ1) is 10.8. The van der Waals surface area contributed by atoms with Crippen molar-refractivity contribution in [2.75, 3.05) is 11.9 Å². The minimum absolute atomic E-state index is 0.737. The van der Waals surface area contributed by atoms with Crippen LogP contribution in [0.3, 0.4) is 0 Å². The smallest absolute Gasteiger partial charge is 0.133 e. The van der Waals surface area contributed by atoms with Crippen LogP contribution < -0.4 is 5.32 Å². The van der Waals surface area contributed by atoms with Gasteiger partial charge in [0.2, 0.25) is 0 Å². The zero-order valence-corrected chi connectivity index (χ0v) is 12.8. The molecule has 0 aliphatic carbocycles. The Morgan fingerprint density at radius 1 is 1.27 bits per heavy atom. The van der Waals surface area contributed by atoms with Gasteiger partial charge in [0.25, 0.3) is 0 Å². The van der Waals surface area contributed by atoms with Gasteiger partial charge in [0.05, 0.1) is 11.9 Å². The normalized spacial score (nSPS) is 13.0. The van der Waals surface area contributed by atoms with Crippen LogP contribution >= 0.6 is 11.6 Å². The van der Waals surface area contributed by atoms with Crippen molar-refractivity contribution in [2.24, 2.45) is 0 Å². The van der Waals surface area contributed by atoms with E-state index in [1.54, 1.807) is 18.6 Å². The lowest BCUT2D eigenvalue weighted by Crippen LogP contribution is -2.06. The summed E-state index contributed by atoms with van der Waals surface area (Å²) in [6.07, 6.45) is 6.03. The lowest BCUT2D eigenvalue weighted by molar-refractivity contribution is 0.872. The third-order valence-electron chi connectivity index (χ3n) is 3.92. The molecule has 0 saturated heterocycles. The summed E-state index contributed by atoms with van der Waals surface area (Å²) in [5.74, 6) is 1.02. The molecule has 1 aliphatic rings. The van der Waals surface area contributed by atoms with Gasteiger partial charge in [-0.05, 0) is 31.0 Å². The van der Waals surface area contributed by atoms with Crippen molar-refractivity contribution >= 4 is 17.4 Å². The molecule has 0 saturated carbocycles. The van der Waals surface area contributed by atoms with Crippen molar-refractivity contribution in [3.05, 3.63) is 52.9 Å². The monoisotopic (exact) mass is 311 g/mol. The van der Waals surface area contributed by atoms with E-state index in [9.17, 15) is 0 Å². The van der Waals surface area contributed by atoms with E-state index in [2.05, 4.69) is 15.3 Å². The molecule has 0 radical (unpaired) electrons. The average Bonchev–Trinajstić information content (AvgIpc) is 3.13. The quantitative estimate of drug-likeness (QED) is 0.789. The number of nitrogens with one attached hydrogen (secondary N) is 1. The highest BCUT2D eigenvalue weighted by molar-refractivity contribution is 6.31.